The lowest BCUT2D eigenvalue weighted by atomic mass is 10.0. The molecule has 2 aliphatic heterocycles. The lowest BCUT2D eigenvalue weighted by Gasteiger charge is -2.32. The topological polar surface area (TPSA) is 144 Å². The van der Waals surface area contributed by atoms with Crippen LogP contribution in [0.4, 0.5) is 16.2 Å². The molecule has 2 saturated heterocycles. The summed E-state index contributed by atoms with van der Waals surface area (Å²) in [6, 6.07) is 17.1. The van der Waals surface area contributed by atoms with Crippen LogP contribution in [-0.4, -0.2) is 96.2 Å². The van der Waals surface area contributed by atoms with E-state index in [0.717, 1.165) is 17.7 Å². The van der Waals surface area contributed by atoms with Crippen LogP contribution >= 0.6 is 0 Å². The zero-order valence-corrected chi connectivity index (χ0v) is 25.1. The molecule has 0 aliphatic carbocycles. The monoisotopic (exact) mass is 614 g/mol. The van der Waals surface area contributed by atoms with Gasteiger partial charge in [-0.3, -0.25) is 19.4 Å². The van der Waals surface area contributed by atoms with Crippen LogP contribution in [0.25, 0.3) is 0 Å². The SMILES string of the molecule is O=C(O)CC(NC(=O)c1ccc(N2CCCN(C(=O)N3CCOCC3)CC2)c(NC(=O)Cc2ccccc2)c1)c1cccnc1. The van der Waals surface area contributed by atoms with Crippen molar-refractivity contribution in [2.24, 2.45) is 0 Å². The number of benzene rings is 2. The van der Waals surface area contributed by atoms with Gasteiger partial charge in [-0.15, -0.1) is 0 Å². The zero-order valence-electron chi connectivity index (χ0n) is 25.1. The number of amides is 4. The minimum atomic E-state index is -1.06. The van der Waals surface area contributed by atoms with E-state index in [2.05, 4.69) is 20.5 Å². The van der Waals surface area contributed by atoms with Crippen LogP contribution < -0.4 is 15.5 Å². The van der Waals surface area contributed by atoms with Gasteiger partial charge in [-0.1, -0.05) is 36.4 Å². The Hall–Kier alpha value is -4.97. The number of anilines is 2. The van der Waals surface area contributed by atoms with E-state index in [-0.39, 0.29) is 30.3 Å². The van der Waals surface area contributed by atoms with Gasteiger partial charge in [0.1, 0.15) is 0 Å². The van der Waals surface area contributed by atoms with Crippen molar-refractivity contribution in [1.29, 1.82) is 0 Å². The largest absolute Gasteiger partial charge is 0.481 e. The van der Waals surface area contributed by atoms with Crippen molar-refractivity contribution < 1.29 is 29.0 Å². The lowest BCUT2D eigenvalue weighted by molar-refractivity contribution is -0.137. The normalized spacial score (nSPS) is 16.0. The fraction of sp³-hybridized carbons (Fsp3) is 0.364. The molecular formula is C33H38N6O6. The lowest BCUT2D eigenvalue weighted by Crippen LogP contribution is -2.49. The summed E-state index contributed by atoms with van der Waals surface area (Å²) < 4.78 is 5.39. The molecule has 2 aromatic carbocycles. The van der Waals surface area contributed by atoms with Crippen LogP contribution in [0.2, 0.25) is 0 Å². The highest BCUT2D eigenvalue weighted by Gasteiger charge is 2.27. The first-order chi connectivity index (χ1) is 21.9. The number of pyridine rings is 1. The number of carbonyl (C=O) groups excluding carboxylic acids is 3. The van der Waals surface area contributed by atoms with Gasteiger partial charge in [0.05, 0.1) is 43.5 Å². The van der Waals surface area contributed by atoms with Crippen molar-refractivity contribution in [3.05, 3.63) is 89.7 Å². The van der Waals surface area contributed by atoms with Gasteiger partial charge in [0.2, 0.25) is 5.91 Å². The average Bonchev–Trinajstić information content (AvgIpc) is 3.31. The average molecular weight is 615 g/mol. The highest BCUT2D eigenvalue weighted by atomic mass is 16.5. The predicted molar refractivity (Wildman–Crippen MR) is 168 cm³/mol. The molecule has 45 heavy (non-hydrogen) atoms. The van der Waals surface area contributed by atoms with Crippen molar-refractivity contribution in [2.45, 2.75) is 25.3 Å². The smallest absolute Gasteiger partial charge is 0.320 e. The summed E-state index contributed by atoms with van der Waals surface area (Å²) in [7, 11) is 0. The molecule has 1 aromatic heterocycles. The number of nitrogens with zero attached hydrogens (tertiary/aromatic N) is 4. The van der Waals surface area contributed by atoms with E-state index >= 15 is 0 Å². The minimum Gasteiger partial charge on any atom is -0.481 e. The van der Waals surface area contributed by atoms with E-state index in [0.29, 0.717) is 63.7 Å². The third kappa shape index (κ3) is 8.57. The Morgan fingerprint density at radius 3 is 2.40 bits per heavy atom. The number of carboxylic acid groups (broad SMARTS) is 1. The van der Waals surface area contributed by atoms with Gasteiger partial charge < -0.3 is 35.2 Å². The standard InChI is InChI=1S/C33H38N6O6/c40-30(20-24-6-2-1-3-7-24)35-28-21-25(32(43)36-27(22-31(41)42)26-8-4-11-34-23-26)9-10-29(28)37-12-5-13-38(15-14-37)33(44)39-16-18-45-19-17-39/h1-4,6-11,21,23,27H,5,12-20,22H2,(H,35,40)(H,36,43)(H,41,42). The number of aromatic nitrogens is 1. The summed E-state index contributed by atoms with van der Waals surface area (Å²) in [6.45, 7) is 4.56. The number of nitrogens with one attached hydrogen (secondary N) is 2. The van der Waals surface area contributed by atoms with Crippen molar-refractivity contribution >= 4 is 35.2 Å². The predicted octanol–water partition coefficient (Wildman–Crippen LogP) is 3.17. The molecule has 3 aromatic rings. The van der Waals surface area contributed by atoms with Crippen LogP contribution in [0.15, 0.2) is 73.1 Å². The van der Waals surface area contributed by atoms with Crippen LogP contribution in [0.5, 0.6) is 0 Å². The number of carbonyl (C=O) groups is 4. The van der Waals surface area contributed by atoms with Crippen LogP contribution in [0.1, 0.15) is 40.4 Å². The van der Waals surface area contributed by atoms with E-state index in [9.17, 15) is 24.3 Å². The van der Waals surface area contributed by atoms with Crippen molar-refractivity contribution in [3.63, 3.8) is 0 Å². The number of ether oxygens (including phenoxy) is 1. The summed E-state index contributed by atoms with van der Waals surface area (Å²) in [6.07, 6.45) is 3.67. The second kappa shape index (κ2) is 15.2. The number of morpholine rings is 1. The Bertz CT molecular complexity index is 1480. The molecule has 0 bridgehead atoms. The van der Waals surface area contributed by atoms with E-state index < -0.39 is 17.9 Å². The van der Waals surface area contributed by atoms with Gasteiger partial charge in [-0.05, 0) is 41.8 Å². The molecule has 12 heteroatoms. The fourth-order valence-electron chi connectivity index (χ4n) is 5.58. The summed E-state index contributed by atoms with van der Waals surface area (Å²) in [5.41, 5.74) is 2.90. The van der Waals surface area contributed by atoms with E-state index in [1.54, 1.807) is 36.5 Å². The summed E-state index contributed by atoms with van der Waals surface area (Å²) >= 11 is 0. The maximum absolute atomic E-state index is 13.4. The molecule has 2 aliphatic rings. The first kappa shape index (κ1) is 31.5. The third-order valence-electron chi connectivity index (χ3n) is 7.90. The van der Waals surface area contributed by atoms with Crippen LogP contribution in [0, 0.1) is 0 Å². The number of rotatable bonds is 9. The fourth-order valence-corrected chi connectivity index (χ4v) is 5.58. The molecule has 0 spiro atoms. The second-order valence-electron chi connectivity index (χ2n) is 11.1. The molecule has 0 radical (unpaired) electrons. The molecule has 3 heterocycles. The van der Waals surface area contributed by atoms with Gasteiger partial charge >= 0.3 is 12.0 Å². The minimum absolute atomic E-state index is 0.00749. The Kier molecular flexibility index (Phi) is 10.6. The van der Waals surface area contributed by atoms with Gasteiger partial charge in [0.25, 0.3) is 5.91 Å². The van der Waals surface area contributed by atoms with Crippen LogP contribution in [0.3, 0.4) is 0 Å². The van der Waals surface area contributed by atoms with Gasteiger partial charge in [0.15, 0.2) is 0 Å². The van der Waals surface area contributed by atoms with Gasteiger partial charge in [0, 0.05) is 57.2 Å². The first-order valence-electron chi connectivity index (χ1n) is 15.1. The highest BCUT2D eigenvalue weighted by Crippen LogP contribution is 2.29. The Balaban J connectivity index is 1.36. The summed E-state index contributed by atoms with van der Waals surface area (Å²) in [5, 5.41) is 15.3. The Morgan fingerprint density at radius 1 is 0.889 bits per heavy atom. The van der Waals surface area contributed by atoms with Crippen molar-refractivity contribution in [1.82, 2.24) is 20.1 Å². The van der Waals surface area contributed by atoms with E-state index in [4.69, 9.17) is 4.74 Å². The third-order valence-corrected chi connectivity index (χ3v) is 7.90. The number of hydrogen-bond acceptors (Lipinski definition) is 7. The molecule has 3 N–H and O–H groups in total. The molecule has 1 atom stereocenters. The maximum atomic E-state index is 13.4. The van der Waals surface area contributed by atoms with Crippen molar-refractivity contribution in [3.8, 4) is 0 Å². The van der Waals surface area contributed by atoms with E-state index in [1.807, 2.05) is 40.1 Å². The highest BCUT2D eigenvalue weighted by molar-refractivity contribution is 6.00. The molecule has 12 nitrogen and oxygen atoms in total. The van der Waals surface area contributed by atoms with Gasteiger partial charge in [-0.25, -0.2) is 4.79 Å². The molecule has 4 amide bonds. The van der Waals surface area contributed by atoms with E-state index in [1.165, 1.54) is 6.20 Å². The summed E-state index contributed by atoms with van der Waals surface area (Å²) in [5.74, 6) is -1.78. The maximum Gasteiger partial charge on any atom is 0.320 e. The molecule has 2 fully saturated rings. The molecule has 1 unspecified atom stereocenters. The second-order valence-corrected chi connectivity index (χ2v) is 11.1. The summed E-state index contributed by atoms with van der Waals surface area (Å²) in [4.78, 5) is 61.2. The Labute approximate surface area is 262 Å². The zero-order chi connectivity index (χ0) is 31.6. The number of aliphatic carboxylic acids is 1. The number of carboxylic acids is 1. The quantitative estimate of drug-likeness (QED) is 0.334. The Morgan fingerprint density at radius 2 is 1.67 bits per heavy atom. The van der Waals surface area contributed by atoms with Crippen molar-refractivity contribution in [2.75, 3.05) is 62.7 Å². The number of urea groups is 1. The molecular weight excluding hydrogens is 576 g/mol. The van der Waals surface area contributed by atoms with Gasteiger partial charge in [-0.2, -0.15) is 0 Å². The molecule has 0 saturated carbocycles. The first-order valence-corrected chi connectivity index (χ1v) is 15.1. The molecule has 236 valence electrons. The number of hydrogen-bond donors (Lipinski definition) is 3. The van der Waals surface area contributed by atoms with Crippen LogP contribution in [-0.2, 0) is 20.7 Å². The molecule has 5 rings (SSSR count).